The average molecular weight is 413 g/mol. The maximum atomic E-state index is 13.0. The summed E-state index contributed by atoms with van der Waals surface area (Å²) in [6.45, 7) is 8.55. The lowest BCUT2D eigenvalue weighted by atomic mass is 9.86. The number of ether oxygens (including phenoxy) is 3. The van der Waals surface area contributed by atoms with Crippen molar-refractivity contribution in [3.8, 4) is 17.2 Å². The number of hydrogen-bond donors (Lipinski definition) is 0. The molecule has 30 heavy (non-hydrogen) atoms. The molecule has 158 valence electrons. The first kappa shape index (κ1) is 21.3. The van der Waals surface area contributed by atoms with E-state index in [0.29, 0.717) is 28.4 Å². The Balaban J connectivity index is 1.87. The summed E-state index contributed by atoms with van der Waals surface area (Å²) in [6, 6.07) is 5.72. The predicted octanol–water partition coefficient (Wildman–Crippen LogP) is 4.25. The molecule has 1 atom stereocenters. The Morgan fingerprint density at radius 2 is 1.80 bits per heavy atom. The van der Waals surface area contributed by atoms with Gasteiger partial charge in [-0.25, -0.2) is 0 Å². The number of carbonyl (C=O) groups is 2. The predicted molar refractivity (Wildman–Crippen MR) is 109 cm³/mol. The van der Waals surface area contributed by atoms with Crippen molar-refractivity contribution in [3.63, 3.8) is 0 Å². The second-order valence-electron chi connectivity index (χ2n) is 7.69. The van der Waals surface area contributed by atoms with Gasteiger partial charge < -0.3 is 14.2 Å². The second kappa shape index (κ2) is 7.78. The Hall–Kier alpha value is -3.42. The number of nitro groups is 1. The van der Waals surface area contributed by atoms with Crippen molar-refractivity contribution in [2.45, 2.75) is 46.6 Å². The molecule has 8 nitrogen and oxygen atoms in total. The molecule has 0 aliphatic carbocycles. The summed E-state index contributed by atoms with van der Waals surface area (Å²) in [5, 5.41) is 10.8. The smallest absolute Gasteiger partial charge is 0.308 e. The van der Waals surface area contributed by atoms with Crippen LogP contribution in [0.15, 0.2) is 24.3 Å². The second-order valence-corrected chi connectivity index (χ2v) is 7.69. The Morgan fingerprint density at radius 1 is 1.17 bits per heavy atom. The molecule has 0 spiro atoms. The van der Waals surface area contributed by atoms with Crippen molar-refractivity contribution >= 4 is 17.4 Å². The van der Waals surface area contributed by atoms with E-state index in [1.165, 1.54) is 31.2 Å². The van der Waals surface area contributed by atoms with Crippen LogP contribution in [-0.4, -0.2) is 28.9 Å². The molecule has 1 aliphatic heterocycles. The third-order valence-corrected chi connectivity index (χ3v) is 5.19. The lowest BCUT2D eigenvalue weighted by Crippen LogP contribution is -2.45. The monoisotopic (exact) mass is 413 g/mol. The highest BCUT2D eigenvalue weighted by molar-refractivity contribution is 6.03. The van der Waals surface area contributed by atoms with E-state index in [0.717, 1.165) is 11.1 Å². The summed E-state index contributed by atoms with van der Waals surface area (Å²) in [6.07, 6.45) is 0.0792. The van der Waals surface area contributed by atoms with Gasteiger partial charge in [-0.1, -0.05) is 0 Å². The Labute approximate surface area is 173 Å². The molecule has 1 heterocycles. The van der Waals surface area contributed by atoms with Crippen LogP contribution in [0.5, 0.6) is 17.2 Å². The number of esters is 1. The van der Waals surface area contributed by atoms with Gasteiger partial charge >= 0.3 is 5.97 Å². The summed E-state index contributed by atoms with van der Waals surface area (Å²) >= 11 is 0. The molecule has 0 aromatic heterocycles. The van der Waals surface area contributed by atoms with Crippen LogP contribution in [0, 0.1) is 30.9 Å². The molecule has 0 bridgehead atoms. The van der Waals surface area contributed by atoms with Gasteiger partial charge in [0, 0.05) is 24.6 Å². The summed E-state index contributed by atoms with van der Waals surface area (Å²) in [4.78, 5) is 34.8. The van der Waals surface area contributed by atoms with Gasteiger partial charge in [-0.15, -0.1) is 0 Å². The molecule has 0 fully saturated rings. The highest BCUT2D eigenvalue weighted by atomic mass is 16.6. The third kappa shape index (κ3) is 3.98. The molecule has 2 aromatic carbocycles. The number of hydrogen-bond acceptors (Lipinski definition) is 7. The molecule has 3 rings (SSSR count). The Kier molecular flexibility index (Phi) is 5.52. The van der Waals surface area contributed by atoms with Gasteiger partial charge in [0.15, 0.2) is 5.78 Å². The summed E-state index contributed by atoms with van der Waals surface area (Å²) in [5.74, 6) is 0.720. The van der Waals surface area contributed by atoms with Gasteiger partial charge in [-0.2, -0.15) is 0 Å². The zero-order valence-corrected chi connectivity index (χ0v) is 17.5. The summed E-state index contributed by atoms with van der Waals surface area (Å²) in [7, 11) is 0. The van der Waals surface area contributed by atoms with Crippen LogP contribution in [-0.2, 0) is 4.79 Å². The average Bonchev–Trinajstić information content (AvgIpc) is 2.67. The number of ketones is 1. The molecule has 2 aromatic rings. The van der Waals surface area contributed by atoms with E-state index >= 15 is 0 Å². The number of carbonyl (C=O) groups excluding carboxylic acids is 2. The number of benzene rings is 2. The van der Waals surface area contributed by atoms with Crippen molar-refractivity contribution in [1.82, 2.24) is 0 Å². The molecule has 0 saturated heterocycles. The van der Waals surface area contributed by atoms with E-state index in [2.05, 4.69) is 0 Å². The molecule has 1 aliphatic rings. The first-order valence-electron chi connectivity index (χ1n) is 9.44. The lowest BCUT2D eigenvalue weighted by Gasteiger charge is -2.36. The van der Waals surface area contributed by atoms with E-state index in [4.69, 9.17) is 14.2 Å². The lowest BCUT2D eigenvalue weighted by molar-refractivity contribution is -0.384. The number of fused-ring (bicyclic) bond motifs is 1. The van der Waals surface area contributed by atoms with Crippen LogP contribution >= 0.6 is 0 Å². The first-order valence-corrected chi connectivity index (χ1v) is 9.44. The molecule has 8 heteroatoms. The number of rotatable bonds is 5. The van der Waals surface area contributed by atoms with Gasteiger partial charge in [0.1, 0.15) is 29.5 Å². The standard InChI is InChI=1S/C22H23NO7/c1-12-13(2)21-19(14(3)20(12)29-15(4)24)18(25)10-22(5,30-21)11-28-17-8-6-16(7-9-17)23(26)27/h6-9H,10-11H2,1-5H3. The molecule has 0 saturated carbocycles. The minimum atomic E-state index is -0.918. The first-order chi connectivity index (χ1) is 14.0. The van der Waals surface area contributed by atoms with E-state index in [1.807, 2.05) is 13.8 Å². The van der Waals surface area contributed by atoms with Gasteiger partial charge in [-0.3, -0.25) is 19.7 Å². The summed E-state index contributed by atoms with van der Waals surface area (Å²) in [5.41, 5.74) is 1.50. The minimum Gasteiger partial charge on any atom is -0.489 e. The molecule has 0 N–H and O–H groups in total. The van der Waals surface area contributed by atoms with Gasteiger partial charge in [0.25, 0.3) is 5.69 Å². The van der Waals surface area contributed by atoms with E-state index < -0.39 is 16.5 Å². The topological polar surface area (TPSA) is 105 Å². The van der Waals surface area contributed by atoms with Crippen LogP contribution in [0.1, 0.15) is 47.3 Å². The fourth-order valence-corrected chi connectivity index (χ4v) is 3.54. The number of nitro benzene ring substituents is 1. The normalized spacial score (nSPS) is 17.7. The fourth-order valence-electron chi connectivity index (χ4n) is 3.54. The molecule has 0 radical (unpaired) electrons. The van der Waals surface area contributed by atoms with Crippen molar-refractivity contribution in [2.24, 2.45) is 0 Å². The van der Waals surface area contributed by atoms with Gasteiger partial charge in [0.05, 0.1) is 16.9 Å². The maximum absolute atomic E-state index is 13.0. The molecule has 0 amide bonds. The molecule has 1 unspecified atom stereocenters. The maximum Gasteiger partial charge on any atom is 0.308 e. The summed E-state index contributed by atoms with van der Waals surface area (Å²) < 4.78 is 17.3. The number of non-ortho nitro benzene ring substituents is 1. The highest BCUT2D eigenvalue weighted by Crippen LogP contribution is 2.44. The largest absolute Gasteiger partial charge is 0.489 e. The Morgan fingerprint density at radius 3 is 2.37 bits per heavy atom. The zero-order valence-electron chi connectivity index (χ0n) is 17.5. The SMILES string of the molecule is CC(=O)Oc1c(C)c(C)c2c(c1C)C(=O)CC(C)(COc1ccc([N+](=O)[O-])cc1)O2. The van der Waals surface area contributed by atoms with Crippen LogP contribution in [0.2, 0.25) is 0 Å². The van der Waals surface area contributed by atoms with Crippen molar-refractivity contribution in [1.29, 1.82) is 0 Å². The quantitative estimate of drug-likeness (QED) is 0.312. The number of nitrogens with zero attached hydrogens (tertiary/aromatic N) is 1. The van der Waals surface area contributed by atoms with Crippen LogP contribution in [0.3, 0.4) is 0 Å². The van der Waals surface area contributed by atoms with E-state index in [1.54, 1.807) is 13.8 Å². The van der Waals surface area contributed by atoms with Crippen LogP contribution in [0.25, 0.3) is 0 Å². The zero-order chi connectivity index (χ0) is 22.2. The van der Waals surface area contributed by atoms with E-state index in [-0.39, 0.29) is 24.5 Å². The van der Waals surface area contributed by atoms with Crippen molar-refractivity contribution in [3.05, 3.63) is 56.6 Å². The van der Waals surface area contributed by atoms with E-state index in [9.17, 15) is 19.7 Å². The van der Waals surface area contributed by atoms with Gasteiger partial charge in [0.2, 0.25) is 0 Å². The van der Waals surface area contributed by atoms with Crippen LogP contribution < -0.4 is 14.2 Å². The van der Waals surface area contributed by atoms with Crippen molar-refractivity contribution < 1.29 is 28.7 Å². The third-order valence-electron chi connectivity index (χ3n) is 5.19. The van der Waals surface area contributed by atoms with Crippen molar-refractivity contribution in [2.75, 3.05) is 6.61 Å². The molecular weight excluding hydrogens is 390 g/mol. The number of Topliss-reactive ketones (excluding diaryl/α,β-unsaturated/α-hetero) is 1. The van der Waals surface area contributed by atoms with Gasteiger partial charge in [-0.05, 0) is 51.0 Å². The minimum absolute atomic E-state index is 0.0308. The Bertz CT molecular complexity index is 1040. The van der Waals surface area contributed by atoms with Crippen LogP contribution in [0.4, 0.5) is 5.69 Å². The highest BCUT2D eigenvalue weighted by Gasteiger charge is 2.40. The molecular formula is C22H23NO7. The fraction of sp³-hybridized carbons (Fsp3) is 0.364.